The molecule has 3 aromatic rings. The van der Waals surface area contributed by atoms with Crippen molar-refractivity contribution in [2.75, 3.05) is 0 Å². The first-order valence-electron chi connectivity index (χ1n) is 7.58. The summed E-state index contributed by atoms with van der Waals surface area (Å²) in [6.45, 7) is 1.77. The molecule has 1 unspecified atom stereocenters. The Kier molecular flexibility index (Phi) is 3.08. The van der Waals surface area contributed by atoms with Gasteiger partial charge in [-0.15, -0.1) is 11.3 Å². The van der Waals surface area contributed by atoms with E-state index in [1.807, 2.05) is 0 Å². The number of hydrogen-bond acceptors (Lipinski definition) is 2. The van der Waals surface area contributed by atoms with Gasteiger partial charge in [0.05, 0.1) is 11.6 Å². The van der Waals surface area contributed by atoms with E-state index in [9.17, 15) is 4.79 Å². The van der Waals surface area contributed by atoms with Gasteiger partial charge in [0, 0.05) is 26.2 Å². The molecular weight excluding hydrogens is 294 g/mol. The molecule has 1 aromatic carbocycles. The van der Waals surface area contributed by atoms with Crippen LogP contribution in [0.3, 0.4) is 0 Å². The van der Waals surface area contributed by atoms with Gasteiger partial charge in [-0.05, 0) is 37.0 Å². The predicted octanol–water partition coefficient (Wildman–Crippen LogP) is 4.26. The molecule has 0 saturated heterocycles. The van der Waals surface area contributed by atoms with Gasteiger partial charge < -0.3 is 10.1 Å². The molecule has 4 rings (SSSR count). The lowest BCUT2D eigenvalue weighted by atomic mass is 9.94. The number of aromatic nitrogens is 1. The molecule has 0 saturated carbocycles. The first kappa shape index (κ1) is 13.6. The van der Waals surface area contributed by atoms with Crippen LogP contribution in [0.4, 0.5) is 0 Å². The third kappa shape index (κ3) is 2.06. The van der Waals surface area contributed by atoms with E-state index in [0.717, 1.165) is 12.8 Å². The van der Waals surface area contributed by atoms with Gasteiger partial charge in [-0.3, -0.25) is 4.79 Å². The normalized spacial score (nSPS) is 14.6. The maximum atomic E-state index is 11.1. The van der Waals surface area contributed by atoms with E-state index in [-0.39, 0.29) is 5.92 Å². The maximum absolute atomic E-state index is 11.1. The second-order valence-electron chi connectivity index (χ2n) is 6.02. The van der Waals surface area contributed by atoms with Gasteiger partial charge in [0.15, 0.2) is 0 Å². The number of thiophene rings is 1. The lowest BCUT2D eigenvalue weighted by molar-refractivity contribution is -0.141. The van der Waals surface area contributed by atoms with Crippen LogP contribution in [0.25, 0.3) is 22.2 Å². The summed E-state index contributed by atoms with van der Waals surface area (Å²) in [7, 11) is 0. The van der Waals surface area contributed by atoms with E-state index in [1.165, 1.54) is 37.5 Å². The van der Waals surface area contributed by atoms with Gasteiger partial charge in [-0.2, -0.15) is 0 Å². The summed E-state index contributed by atoms with van der Waals surface area (Å²) in [4.78, 5) is 17.2. The van der Waals surface area contributed by atoms with Crippen LogP contribution < -0.4 is 0 Å². The Morgan fingerprint density at radius 3 is 3.00 bits per heavy atom. The van der Waals surface area contributed by atoms with E-state index in [0.29, 0.717) is 6.42 Å². The van der Waals surface area contributed by atoms with E-state index in [4.69, 9.17) is 5.11 Å². The third-order valence-corrected chi connectivity index (χ3v) is 5.69. The molecular formula is C18H17NO2S. The van der Waals surface area contributed by atoms with Crippen molar-refractivity contribution >= 4 is 28.2 Å². The Hall–Kier alpha value is -2.07. The van der Waals surface area contributed by atoms with Gasteiger partial charge >= 0.3 is 5.97 Å². The molecule has 2 N–H and O–H groups in total. The summed E-state index contributed by atoms with van der Waals surface area (Å²) >= 11 is 1.77. The lowest BCUT2D eigenvalue weighted by Gasteiger charge is -2.11. The highest BCUT2D eigenvalue weighted by molar-refractivity contribution is 7.12. The minimum Gasteiger partial charge on any atom is -0.481 e. The van der Waals surface area contributed by atoms with Crippen LogP contribution in [0, 0.1) is 5.92 Å². The van der Waals surface area contributed by atoms with Crippen LogP contribution in [0.2, 0.25) is 0 Å². The number of aryl methyl sites for hydroxylation is 2. The Balaban J connectivity index is 1.78. The fourth-order valence-corrected chi connectivity index (χ4v) is 4.60. The zero-order valence-electron chi connectivity index (χ0n) is 12.3. The monoisotopic (exact) mass is 311 g/mol. The van der Waals surface area contributed by atoms with E-state index >= 15 is 0 Å². The number of hydrogen-bond donors (Lipinski definition) is 2. The summed E-state index contributed by atoms with van der Waals surface area (Å²) in [5.41, 5.74) is 5.09. The highest BCUT2D eigenvalue weighted by Crippen LogP contribution is 2.41. The number of carboxylic acid groups (broad SMARTS) is 1. The number of aliphatic carboxylic acids is 1. The second kappa shape index (κ2) is 4.99. The summed E-state index contributed by atoms with van der Waals surface area (Å²) in [5.74, 6) is -1.06. The number of carbonyl (C=O) groups is 1. The highest BCUT2D eigenvalue weighted by atomic mass is 32.1. The maximum Gasteiger partial charge on any atom is 0.306 e. The molecule has 2 heterocycles. The molecule has 1 aliphatic carbocycles. The van der Waals surface area contributed by atoms with Crippen molar-refractivity contribution in [1.82, 2.24) is 4.98 Å². The summed E-state index contributed by atoms with van der Waals surface area (Å²) in [5, 5.41) is 10.4. The fraction of sp³-hybridized carbons (Fsp3) is 0.278. The topological polar surface area (TPSA) is 53.1 Å². The second-order valence-corrected chi connectivity index (χ2v) is 7.24. The van der Waals surface area contributed by atoms with Crippen LogP contribution in [-0.4, -0.2) is 16.1 Å². The van der Waals surface area contributed by atoms with Crippen molar-refractivity contribution in [1.29, 1.82) is 0 Å². The molecule has 0 radical (unpaired) electrons. The SMILES string of the molecule is CC(Cc1cc2c(s1)CCc1c-2[nH]c2ccccc12)C(=O)O. The molecule has 0 bridgehead atoms. The van der Waals surface area contributed by atoms with Crippen LogP contribution in [0.1, 0.15) is 22.2 Å². The summed E-state index contributed by atoms with van der Waals surface area (Å²) in [6, 6.07) is 10.6. The largest absolute Gasteiger partial charge is 0.481 e. The first-order valence-corrected chi connectivity index (χ1v) is 8.39. The standard InChI is InChI=1S/C18H17NO2S/c1-10(18(20)21)8-11-9-14-16(22-11)7-6-13-12-4-2-3-5-15(12)19-17(13)14/h2-5,9-10,19H,6-8H2,1H3,(H,20,21). The zero-order chi connectivity index (χ0) is 15.3. The number of rotatable bonds is 3. The molecule has 0 fully saturated rings. The molecule has 2 aromatic heterocycles. The van der Waals surface area contributed by atoms with Gasteiger partial charge in [-0.25, -0.2) is 0 Å². The van der Waals surface area contributed by atoms with Crippen molar-refractivity contribution in [2.45, 2.75) is 26.2 Å². The molecule has 22 heavy (non-hydrogen) atoms. The molecule has 0 amide bonds. The summed E-state index contributed by atoms with van der Waals surface area (Å²) < 4.78 is 0. The van der Waals surface area contributed by atoms with Crippen molar-refractivity contribution < 1.29 is 9.90 Å². The number of fused-ring (bicyclic) bond motifs is 5. The van der Waals surface area contributed by atoms with E-state index in [2.05, 4.69) is 35.3 Å². The van der Waals surface area contributed by atoms with Gasteiger partial charge in [-0.1, -0.05) is 25.1 Å². The van der Waals surface area contributed by atoms with Crippen molar-refractivity contribution in [3.05, 3.63) is 45.6 Å². The Morgan fingerprint density at radius 1 is 1.36 bits per heavy atom. The van der Waals surface area contributed by atoms with Crippen LogP contribution >= 0.6 is 11.3 Å². The summed E-state index contributed by atoms with van der Waals surface area (Å²) in [6.07, 6.45) is 2.72. The number of aromatic amines is 1. The number of benzene rings is 1. The minimum absolute atomic E-state index is 0.331. The first-order chi connectivity index (χ1) is 10.6. The Morgan fingerprint density at radius 2 is 2.18 bits per heavy atom. The van der Waals surface area contributed by atoms with Gasteiger partial charge in [0.25, 0.3) is 0 Å². The van der Waals surface area contributed by atoms with Gasteiger partial charge in [0.2, 0.25) is 0 Å². The van der Waals surface area contributed by atoms with Crippen LogP contribution in [-0.2, 0) is 24.1 Å². The fourth-order valence-electron chi connectivity index (χ4n) is 3.30. The molecule has 3 nitrogen and oxygen atoms in total. The molecule has 4 heteroatoms. The number of para-hydroxylation sites is 1. The van der Waals surface area contributed by atoms with Crippen molar-refractivity contribution in [2.24, 2.45) is 5.92 Å². The average molecular weight is 311 g/mol. The van der Waals surface area contributed by atoms with Gasteiger partial charge in [0.1, 0.15) is 0 Å². The van der Waals surface area contributed by atoms with Crippen LogP contribution in [0.15, 0.2) is 30.3 Å². The molecule has 1 atom stereocenters. The van der Waals surface area contributed by atoms with Crippen molar-refractivity contribution in [3.8, 4) is 11.3 Å². The zero-order valence-corrected chi connectivity index (χ0v) is 13.2. The highest BCUT2D eigenvalue weighted by Gasteiger charge is 2.24. The lowest BCUT2D eigenvalue weighted by Crippen LogP contribution is -2.11. The molecule has 0 spiro atoms. The number of carboxylic acids is 1. The van der Waals surface area contributed by atoms with E-state index < -0.39 is 5.97 Å². The number of nitrogens with one attached hydrogen (secondary N) is 1. The molecule has 1 aliphatic rings. The smallest absolute Gasteiger partial charge is 0.306 e. The van der Waals surface area contributed by atoms with Crippen LogP contribution in [0.5, 0.6) is 0 Å². The predicted molar refractivity (Wildman–Crippen MR) is 89.5 cm³/mol. The quantitative estimate of drug-likeness (QED) is 0.759. The minimum atomic E-state index is -0.724. The molecule has 0 aliphatic heterocycles. The number of H-pyrrole nitrogens is 1. The molecule has 112 valence electrons. The Labute approximate surface area is 132 Å². The Bertz CT molecular complexity index is 874. The van der Waals surface area contributed by atoms with Crippen molar-refractivity contribution in [3.63, 3.8) is 0 Å². The van der Waals surface area contributed by atoms with E-state index in [1.54, 1.807) is 18.3 Å². The average Bonchev–Trinajstić information content (AvgIpc) is 3.07. The third-order valence-electron chi connectivity index (χ3n) is 4.47.